The Balaban J connectivity index is 1.84. The number of morpholine rings is 1. The van der Waals surface area contributed by atoms with Gasteiger partial charge in [0.05, 0.1) is 30.0 Å². The van der Waals surface area contributed by atoms with Gasteiger partial charge in [-0.1, -0.05) is 41.9 Å². The zero-order valence-corrected chi connectivity index (χ0v) is 15.0. The van der Waals surface area contributed by atoms with Crippen LogP contribution in [0.5, 0.6) is 0 Å². The molecular weight excluding hydrogens is 326 g/mol. The third-order valence-corrected chi connectivity index (χ3v) is 4.55. The van der Waals surface area contributed by atoms with Crippen LogP contribution in [0.2, 0.25) is 5.15 Å². The van der Waals surface area contributed by atoms with Gasteiger partial charge in [0.1, 0.15) is 5.15 Å². The van der Waals surface area contributed by atoms with Crippen LogP contribution in [0.15, 0.2) is 30.3 Å². The average molecular weight is 348 g/mol. The summed E-state index contributed by atoms with van der Waals surface area (Å²) in [5, 5.41) is 4.86. The van der Waals surface area contributed by atoms with E-state index in [-0.39, 0.29) is 18.1 Å². The standard InChI is InChI=1S/C18H22ClN3O2/c1-12-9-21(10-13(2)24-12)18(23)16-14(3)20-22(17(16)19)11-15-7-5-4-6-8-15/h4-8,12-13H,9-11H2,1-3H3. The van der Waals surface area contributed by atoms with Crippen LogP contribution in [0.1, 0.15) is 35.5 Å². The number of amides is 1. The summed E-state index contributed by atoms with van der Waals surface area (Å²) in [7, 11) is 0. The van der Waals surface area contributed by atoms with E-state index in [0.717, 1.165) is 5.56 Å². The Morgan fingerprint density at radius 2 is 1.88 bits per heavy atom. The number of aryl methyl sites for hydroxylation is 1. The van der Waals surface area contributed by atoms with E-state index >= 15 is 0 Å². The fraction of sp³-hybridized carbons (Fsp3) is 0.444. The van der Waals surface area contributed by atoms with Crippen molar-refractivity contribution in [2.45, 2.75) is 39.5 Å². The molecule has 2 aromatic rings. The first kappa shape index (κ1) is 17.0. The van der Waals surface area contributed by atoms with E-state index in [9.17, 15) is 4.79 Å². The zero-order chi connectivity index (χ0) is 17.3. The molecule has 6 heteroatoms. The molecule has 2 heterocycles. The highest BCUT2D eigenvalue weighted by molar-refractivity contribution is 6.33. The van der Waals surface area contributed by atoms with Crippen LogP contribution in [-0.2, 0) is 11.3 Å². The molecule has 0 N–H and O–H groups in total. The lowest BCUT2D eigenvalue weighted by Crippen LogP contribution is -2.48. The smallest absolute Gasteiger partial charge is 0.259 e. The predicted octanol–water partition coefficient (Wildman–Crippen LogP) is 3.14. The summed E-state index contributed by atoms with van der Waals surface area (Å²) in [4.78, 5) is 14.7. The van der Waals surface area contributed by atoms with Gasteiger partial charge in [0, 0.05) is 13.1 Å². The Labute approximate surface area is 147 Å². The van der Waals surface area contributed by atoms with Gasteiger partial charge in [0.2, 0.25) is 0 Å². The molecule has 1 amide bonds. The molecule has 2 unspecified atom stereocenters. The molecule has 0 aliphatic carbocycles. The number of halogens is 1. The number of rotatable bonds is 3. The van der Waals surface area contributed by atoms with Gasteiger partial charge in [0.25, 0.3) is 5.91 Å². The lowest BCUT2D eigenvalue weighted by atomic mass is 10.1. The maximum absolute atomic E-state index is 12.9. The first-order valence-electron chi connectivity index (χ1n) is 8.17. The predicted molar refractivity (Wildman–Crippen MR) is 93.4 cm³/mol. The molecule has 2 atom stereocenters. The molecule has 128 valence electrons. The van der Waals surface area contributed by atoms with E-state index < -0.39 is 0 Å². The molecule has 0 spiro atoms. The second-order valence-electron chi connectivity index (χ2n) is 6.36. The number of carbonyl (C=O) groups excluding carboxylic acids is 1. The highest BCUT2D eigenvalue weighted by Gasteiger charge is 2.30. The topological polar surface area (TPSA) is 47.4 Å². The van der Waals surface area contributed by atoms with Crippen molar-refractivity contribution in [3.05, 3.63) is 52.3 Å². The van der Waals surface area contributed by atoms with Crippen LogP contribution in [0.3, 0.4) is 0 Å². The molecule has 0 saturated carbocycles. The molecule has 3 rings (SSSR count). The van der Waals surface area contributed by atoms with Crippen molar-refractivity contribution in [2.75, 3.05) is 13.1 Å². The van der Waals surface area contributed by atoms with Crippen LogP contribution >= 0.6 is 11.6 Å². The highest BCUT2D eigenvalue weighted by Crippen LogP contribution is 2.24. The lowest BCUT2D eigenvalue weighted by Gasteiger charge is -2.35. The van der Waals surface area contributed by atoms with Crippen molar-refractivity contribution in [1.29, 1.82) is 0 Å². The molecule has 0 radical (unpaired) electrons. The Morgan fingerprint density at radius 3 is 2.50 bits per heavy atom. The third-order valence-electron chi connectivity index (χ3n) is 4.16. The maximum Gasteiger partial charge on any atom is 0.259 e. The Bertz CT molecular complexity index is 719. The van der Waals surface area contributed by atoms with Gasteiger partial charge >= 0.3 is 0 Å². The number of benzene rings is 1. The van der Waals surface area contributed by atoms with E-state index in [1.54, 1.807) is 4.68 Å². The fourth-order valence-corrected chi connectivity index (χ4v) is 3.47. The van der Waals surface area contributed by atoms with Crippen molar-refractivity contribution in [3.8, 4) is 0 Å². The van der Waals surface area contributed by atoms with Crippen molar-refractivity contribution in [3.63, 3.8) is 0 Å². The minimum absolute atomic E-state index is 0.0242. The van der Waals surface area contributed by atoms with E-state index in [1.807, 2.05) is 56.0 Å². The van der Waals surface area contributed by atoms with Crippen molar-refractivity contribution in [2.24, 2.45) is 0 Å². The molecule has 1 fully saturated rings. The average Bonchev–Trinajstić information content (AvgIpc) is 2.81. The van der Waals surface area contributed by atoms with Crippen molar-refractivity contribution >= 4 is 17.5 Å². The van der Waals surface area contributed by atoms with Gasteiger partial charge in [-0.05, 0) is 26.3 Å². The minimum Gasteiger partial charge on any atom is -0.372 e. The van der Waals surface area contributed by atoms with Crippen molar-refractivity contribution < 1.29 is 9.53 Å². The molecule has 1 aromatic carbocycles. The van der Waals surface area contributed by atoms with E-state index in [4.69, 9.17) is 16.3 Å². The third kappa shape index (κ3) is 3.47. The van der Waals surface area contributed by atoms with Crippen LogP contribution in [0.25, 0.3) is 0 Å². The largest absolute Gasteiger partial charge is 0.372 e. The number of hydrogen-bond donors (Lipinski definition) is 0. The molecule has 1 aromatic heterocycles. The van der Waals surface area contributed by atoms with Crippen LogP contribution in [0.4, 0.5) is 0 Å². The van der Waals surface area contributed by atoms with E-state index in [1.165, 1.54) is 0 Å². The molecule has 5 nitrogen and oxygen atoms in total. The first-order chi connectivity index (χ1) is 11.5. The Hall–Kier alpha value is -1.85. The van der Waals surface area contributed by atoms with Crippen molar-refractivity contribution in [1.82, 2.24) is 14.7 Å². The summed E-state index contributed by atoms with van der Waals surface area (Å²) in [6.45, 7) is 7.47. The molecule has 1 aliphatic rings. The molecular formula is C18H22ClN3O2. The molecule has 1 saturated heterocycles. The molecule has 24 heavy (non-hydrogen) atoms. The van der Waals surface area contributed by atoms with Gasteiger partial charge in [-0.15, -0.1) is 0 Å². The van der Waals surface area contributed by atoms with Crippen LogP contribution < -0.4 is 0 Å². The van der Waals surface area contributed by atoms with Gasteiger partial charge in [-0.2, -0.15) is 5.10 Å². The number of hydrogen-bond acceptors (Lipinski definition) is 3. The number of aromatic nitrogens is 2. The summed E-state index contributed by atoms with van der Waals surface area (Å²) in [6.07, 6.45) is 0.0484. The SMILES string of the molecule is Cc1nn(Cc2ccccc2)c(Cl)c1C(=O)N1CC(C)OC(C)C1. The van der Waals surface area contributed by atoms with Crippen LogP contribution in [0, 0.1) is 6.92 Å². The number of nitrogens with zero attached hydrogens (tertiary/aromatic N) is 3. The molecule has 1 aliphatic heterocycles. The minimum atomic E-state index is -0.0705. The zero-order valence-electron chi connectivity index (χ0n) is 14.2. The highest BCUT2D eigenvalue weighted by atomic mass is 35.5. The van der Waals surface area contributed by atoms with E-state index in [2.05, 4.69) is 5.10 Å². The monoisotopic (exact) mass is 347 g/mol. The summed E-state index contributed by atoms with van der Waals surface area (Å²) in [5.74, 6) is -0.0705. The summed E-state index contributed by atoms with van der Waals surface area (Å²) in [6, 6.07) is 9.94. The van der Waals surface area contributed by atoms with E-state index in [0.29, 0.717) is 36.0 Å². The first-order valence-corrected chi connectivity index (χ1v) is 8.55. The Morgan fingerprint density at radius 1 is 1.25 bits per heavy atom. The normalized spacial score (nSPS) is 21.1. The maximum atomic E-state index is 12.9. The lowest BCUT2D eigenvalue weighted by molar-refractivity contribution is -0.0586. The van der Waals surface area contributed by atoms with Gasteiger partial charge < -0.3 is 9.64 Å². The number of carbonyl (C=O) groups is 1. The molecule has 0 bridgehead atoms. The van der Waals surface area contributed by atoms with Crippen LogP contribution in [-0.4, -0.2) is 45.9 Å². The second kappa shape index (κ2) is 6.95. The summed E-state index contributed by atoms with van der Waals surface area (Å²) >= 11 is 6.49. The van der Waals surface area contributed by atoms with Gasteiger partial charge in [-0.3, -0.25) is 4.79 Å². The van der Waals surface area contributed by atoms with Gasteiger partial charge in [-0.25, -0.2) is 4.68 Å². The second-order valence-corrected chi connectivity index (χ2v) is 6.72. The fourth-order valence-electron chi connectivity index (χ4n) is 3.16. The Kier molecular flexibility index (Phi) is 4.92. The van der Waals surface area contributed by atoms with Gasteiger partial charge in [0.15, 0.2) is 0 Å². The number of ether oxygens (including phenoxy) is 1. The quantitative estimate of drug-likeness (QED) is 0.857. The summed E-state index contributed by atoms with van der Waals surface area (Å²) in [5.41, 5.74) is 2.25. The summed E-state index contributed by atoms with van der Waals surface area (Å²) < 4.78 is 7.39.